The largest absolute Gasteiger partial charge is 0.493 e. The lowest BCUT2D eigenvalue weighted by Crippen LogP contribution is -2.36. The first kappa shape index (κ1) is 21.6. The van der Waals surface area contributed by atoms with E-state index in [9.17, 15) is 0 Å². The fourth-order valence-corrected chi connectivity index (χ4v) is 3.91. The van der Waals surface area contributed by atoms with E-state index in [1.807, 2.05) is 6.20 Å². The first-order chi connectivity index (χ1) is 14.2. The van der Waals surface area contributed by atoms with Crippen LogP contribution in [-0.2, 0) is 24.2 Å². The lowest BCUT2D eigenvalue weighted by Gasteiger charge is -2.15. The number of nitrogens with one attached hydrogen (secondary N) is 2. The van der Waals surface area contributed by atoms with Crippen LogP contribution in [0.5, 0.6) is 5.75 Å². The number of hydrogen-bond acceptors (Lipinski definition) is 5. The summed E-state index contributed by atoms with van der Waals surface area (Å²) in [7, 11) is 0. The lowest BCUT2D eigenvalue weighted by atomic mass is 10.1. The molecule has 0 saturated carbocycles. The second kappa shape index (κ2) is 11.2. The Hall–Kier alpha value is -2.12. The number of guanidine groups is 1. The maximum Gasteiger partial charge on any atom is 0.191 e. The SMILES string of the molecule is CCNC(=NCc1ccc(C)cc1OCC1CCOC1)NCc1ncc(CC)s1. The Morgan fingerprint density at radius 2 is 2.24 bits per heavy atom. The van der Waals surface area contributed by atoms with Crippen molar-refractivity contribution in [2.24, 2.45) is 10.9 Å². The van der Waals surface area contributed by atoms with Crippen molar-refractivity contribution in [3.8, 4) is 5.75 Å². The Labute approximate surface area is 177 Å². The summed E-state index contributed by atoms with van der Waals surface area (Å²) in [6.07, 6.45) is 4.05. The molecular formula is C22H32N4O2S. The van der Waals surface area contributed by atoms with Crippen LogP contribution in [0, 0.1) is 12.8 Å². The molecule has 0 aliphatic carbocycles. The van der Waals surface area contributed by atoms with Crippen molar-refractivity contribution >= 4 is 17.3 Å². The van der Waals surface area contributed by atoms with Crippen LogP contribution in [0.25, 0.3) is 0 Å². The van der Waals surface area contributed by atoms with E-state index >= 15 is 0 Å². The van der Waals surface area contributed by atoms with Gasteiger partial charge >= 0.3 is 0 Å². The molecule has 1 aromatic carbocycles. The molecule has 2 heterocycles. The highest BCUT2D eigenvalue weighted by Gasteiger charge is 2.17. The van der Waals surface area contributed by atoms with Gasteiger partial charge in [0.2, 0.25) is 0 Å². The van der Waals surface area contributed by atoms with Crippen molar-refractivity contribution < 1.29 is 9.47 Å². The van der Waals surface area contributed by atoms with Crippen LogP contribution in [0.15, 0.2) is 29.4 Å². The van der Waals surface area contributed by atoms with Crippen molar-refractivity contribution in [2.75, 3.05) is 26.4 Å². The van der Waals surface area contributed by atoms with Gasteiger partial charge in [0.1, 0.15) is 10.8 Å². The van der Waals surface area contributed by atoms with Crippen LogP contribution in [0.3, 0.4) is 0 Å². The molecule has 0 radical (unpaired) electrons. The maximum atomic E-state index is 6.14. The second-order valence-corrected chi connectivity index (χ2v) is 8.47. The molecule has 158 valence electrons. The number of aryl methyl sites for hydroxylation is 2. The lowest BCUT2D eigenvalue weighted by molar-refractivity contribution is 0.166. The average molecular weight is 417 g/mol. The van der Waals surface area contributed by atoms with Crippen LogP contribution in [0.4, 0.5) is 0 Å². The zero-order valence-corrected chi connectivity index (χ0v) is 18.5. The molecule has 1 aromatic heterocycles. The Kier molecular flexibility index (Phi) is 8.31. The summed E-state index contributed by atoms with van der Waals surface area (Å²) >= 11 is 1.74. The number of aromatic nitrogens is 1. The smallest absolute Gasteiger partial charge is 0.191 e. The fourth-order valence-electron chi connectivity index (χ4n) is 3.11. The Morgan fingerprint density at radius 3 is 2.97 bits per heavy atom. The minimum atomic E-state index is 0.483. The first-order valence-corrected chi connectivity index (χ1v) is 11.2. The summed E-state index contributed by atoms with van der Waals surface area (Å²) in [5, 5.41) is 7.77. The highest BCUT2D eigenvalue weighted by Crippen LogP contribution is 2.23. The third-order valence-corrected chi connectivity index (χ3v) is 5.97. The molecule has 1 aliphatic heterocycles. The predicted octanol–water partition coefficient (Wildman–Crippen LogP) is 3.68. The van der Waals surface area contributed by atoms with Crippen LogP contribution >= 0.6 is 11.3 Å². The maximum absolute atomic E-state index is 6.14. The van der Waals surface area contributed by atoms with E-state index in [2.05, 4.69) is 54.6 Å². The number of ether oxygens (including phenoxy) is 2. The number of aliphatic imine (C=N–C) groups is 1. The van der Waals surface area contributed by atoms with Crippen LogP contribution in [0.1, 0.15) is 41.3 Å². The molecule has 1 fully saturated rings. The number of rotatable bonds is 9. The molecular weight excluding hydrogens is 384 g/mol. The molecule has 29 heavy (non-hydrogen) atoms. The van der Waals surface area contributed by atoms with E-state index in [0.29, 0.717) is 25.6 Å². The summed E-state index contributed by atoms with van der Waals surface area (Å²) in [5.41, 5.74) is 2.28. The molecule has 1 unspecified atom stereocenters. The average Bonchev–Trinajstić information content (AvgIpc) is 3.41. The Bertz CT molecular complexity index is 800. The topological polar surface area (TPSA) is 67.8 Å². The molecule has 0 amide bonds. The molecule has 1 aliphatic rings. The van der Waals surface area contributed by atoms with Crippen molar-refractivity contribution in [3.63, 3.8) is 0 Å². The van der Waals surface area contributed by atoms with Crippen LogP contribution in [-0.4, -0.2) is 37.3 Å². The highest BCUT2D eigenvalue weighted by atomic mass is 32.1. The second-order valence-electron chi connectivity index (χ2n) is 7.27. The van der Waals surface area contributed by atoms with E-state index < -0.39 is 0 Å². The minimum absolute atomic E-state index is 0.483. The minimum Gasteiger partial charge on any atom is -0.493 e. The quantitative estimate of drug-likeness (QED) is 0.482. The fraction of sp³-hybridized carbons (Fsp3) is 0.545. The van der Waals surface area contributed by atoms with Gasteiger partial charge in [-0.05, 0) is 38.3 Å². The van der Waals surface area contributed by atoms with Gasteiger partial charge in [-0.3, -0.25) is 0 Å². The summed E-state index contributed by atoms with van der Waals surface area (Å²) in [6, 6.07) is 6.32. The van der Waals surface area contributed by atoms with Gasteiger partial charge in [0.15, 0.2) is 5.96 Å². The van der Waals surface area contributed by atoms with Gasteiger partial charge in [-0.25, -0.2) is 9.98 Å². The Morgan fingerprint density at radius 1 is 1.34 bits per heavy atom. The van der Waals surface area contributed by atoms with Crippen molar-refractivity contribution in [2.45, 2.75) is 46.7 Å². The van der Waals surface area contributed by atoms with Crippen LogP contribution < -0.4 is 15.4 Å². The van der Waals surface area contributed by atoms with Gasteiger partial charge in [-0.2, -0.15) is 0 Å². The molecule has 1 saturated heterocycles. The number of benzene rings is 1. The van der Waals surface area contributed by atoms with E-state index in [-0.39, 0.29) is 0 Å². The van der Waals surface area contributed by atoms with E-state index in [1.54, 1.807) is 11.3 Å². The zero-order valence-electron chi connectivity index (χ0n) is 17.7. The molecule has 3 rings (SSSR count). The third kappa shape index (κ3) is 6.72. The molecule has 0 spiro atoms. The summed E-state index contributed by atoms with van der Waals surface area (Å²) in [5.74, 6) is 2.19. The van der Waals surface area contributed by atoms with E-state index in [0.717, 1.165) is 54.9 Å². The van der Waals surface area contributed by atoms with E-state index in [4.69, 9.17) is 14.5 Å². The van der Waals surface area contributed by atoms with Gasteiger partial charge < -0.3 is 20.1 Å². The molecule has 0 bridgehead atoms. The van der Waals surface area contributed by atoms with Crippen LogP contribution in [0.2, 0.25) is 0 Å². The first-order valence-electron chi connectivity index (χ1n) is 10.4. The highest BCUT2D eigenvalue weighted by molar-refractivity contribution is 7.11. The third-order valence-electron chi connectivity index (χ3n) is 4.83. The van der Waals surface area contributed by atoms with Crippen molar-refractivity contribution in [1.82, 2.24) is 15.6 Å². The molecule has 2 N–H and O–H groups in total. The summed E-state index contributed by atoms with van der Waals surface area (Å²) in [6.45, 7) is 10.7. The van der Waals surface area contributed by atoms with Gasteiger partial charge in [0.25, 0.3) is 0 Å². The van der Waals surface area contributed by atoms with Gasteiger partial charge in [0, 0.05) is 35.7 Å². The number of nitrogens with zero attached hydrogens (tertiary/aromatic N) is 2. The molecule has 1 atom stereocenters. The molecule has 7 heteroatoms. The molecule has 6 nitrogen and oxygen atoms in total. The van der Waals surface area contributed by atoms with Crippen molar-refractivity contribution in [1.29, 1.82) is 0 Å². The van der Waals surface area contributed by atoms with Gasteiger partial charge in [-0.1, -0.05) is 19.1 Å². The zero-order chi connectivity index (χ0) is 20.5. The normalized spacial score (nSPS) is 16.8. The predicted molar refractivity (Wildman–Crippen MR) is 119 cm³/mol. The monoisotopic (exact) mass is 416 g/mol. The molecule has 2 aromatic rings. The number of thiazole rings is 1. The number of hydrogen-bond donors (Lipinski definition) is 2. The summed E-state index contributed by atoms with van der Waals surface area (Å²) in [4.78, 5) is 10.5. The van der Waals surface area contributed by atoms with Gasteiger partial charge in [0.05, 0.1) is 26.3 Å². The Balaban J connectivity index is 1.62. The van der Waals surface area contributed by atoms with Gasteiger partial charge in [-0.15, -0.1) is 11.3 Å². The van der Waals surface area contributed by atoms with Crippen molar-refractivity contribution in [3.05, 3.63) is 45.4 Å². The standard InChI is InChI=1S/C22H32N4O2S/c1-4-19-12-24-21(29-19)13-26-22(23-5-2)25-11-18-7-6-16(3)10-20(18)28-15-17-8-9-27-14-17/h6-7,10,12,17H,4-5,8-9,11,13-15H2,1-3H3,(H2,23,25,26). The van der Waals surface area contributed by atoms with E-state index in [1.165, 1.54) is 10.4 Å². The summed E-state index contributed by atoms with van der Waals surface area (Å²) < 4.78 is 11.6.